The molecule has 0 aromatic heterocycles. The summed E-state index contributed by atoms with van der Waals surface area (Å²) in [5.41, 5.74) is 4.91. The lowest BCUT2D eigenvalue weighted by Gasteiger charge is -2.10. The zero-order valence-corrected chi connectivity index (χ0v) is 11.3. The van der Waals surface area contributed by atoms with Crippen LogP contribution in [-0.2, 0) is 0 Å². The van der Waals surface area contributed by atoms with E-state index in [2.05, 4.69) is 51.1 Å². The third kappa shape index (κ3) is 2.53. The van der Waals surface area contributed by atoms with Crippen LogP contribution in [0.1, 0.15) is 30.9 Å². The van der Waals surface area contributed by atoms with Gasteiger partial charge in [0, 0.05) is 10.6 Å². The highest BCUT2D eigenvalue weighted by Gasteiger charge is 2.07. The fourth-order valence-corrected chi connectivity index (χ4v) is 2.36. The molecule has 0 radical (unpaired) electrons. The van der Waals surface area contributed by atoms with Crippen molar-refractivity contribution in [2.45, 2.75) is 26.7 Å². The van der Waals surface area contributed by atoms with E-state index in [1.165, 1.54) is 16.7 Å². The smallest absolute Gasteiger partial charge is 0.0487 e. The Labute approximate surface area is 108 Å². The number of hydrogen-bond acceptors (Lipinski definition) is 0. The van der Waals surface area contributed by atoms with Crippen molar-refractivity contribution >= 4 is 11.6 Å². The van der Waals surface area contributed by atoms with Crippen molar-refractivity contribution in [2.24, 2.45) is 0 Å². The normalized spacial score (nSPS) is 10.9. The van der Waals surface area contributed by atoms with E-state index in [9.17, 15) is 0 Å². The second-order valence-corrected chi connectivity index (χ2v) is 5.12. The van der Waals surface area contributed by atoms with Crippen LogP contribution < -0.4 is 0 Å². The minimum Gasteiger partial charge on any atom is -0.0837 e. The summed E-state index contributed by atoms with van der Waals surface area (Å²) < 4.78 is 0. The first-order chi connectivity index (χ1) is 8.09. The minimum absolute atomic E-state index is 0.566. The summed E-state index contributed by atoms with van der Waals surface area (Å²) in [6, 6.07) is 14.7. The summed E-state index contributed by atoms with van der Waals surface area (Å²) in [6.45, 7) is 6.50. The lowest BCUT2D eigenvalue weighted by molar-refractivity contribution is 0.867. The molecule has 0 unspecified atom stereocenters. The van der Waals surface area contributed by atoms with Gasteiger partial charge in [-0.25, -0.2) is 0 Å². The molecule has 1 heteroatoms. The molecule has 0 heterocycles. The quantitative estimate of drug-likeness (QED) is 0.660. The zero-order valence-electron chi connectivity index (χ0n) is 10.5. The first kappa shape index (κ1) is 12.2. The number of halogens is 1. The van der Waals surface area contributed by atoms with E-state index in [0.29, 0.717) is 5.92 Å². The minimum atomic E-state index is 0.566. The second-order valence-electron chi connectivity index (χ2n) is 4.71. The number of benzene rings is 2. The summed E-state index contributed by atoms with van der Waals surface area (Å²) >= 11 is 6.27. The zero-order chi connectivity index (χ0) is 12.4. The first-order valence-corrected chi connectivity index (χ1v) is 6.33. The molecule has 0 aliphatic carbocycles. The fourth-order valence-electron chi connectivity index (χ4n) is 2.03. The lowest BCUT2D eigenvalue weighted by Crippen LogP contribution is -1.88. The predicted octanol–water partition coefficient (Wildman–Crippen LogP) is 5.44. The molecule has 88 valence electrons. The van der Waals surface area contributed by atoms with E-state index in [4.69, 9.17) is 11.6 Å². The summed E-state index contributed by atoms with van der Waals surface area (Å²) in [7, 11) is 0. The van der Waals surface area contributed by atoms with Crippen molar-refractivity contribution < 1.29 is 0 Å². The Morgan fingerprint density at radius 2 is 1.59 bits per heavy atom. The Hall–Kier alpha value is -1.27. The summed E-state index contributed by atoms with van der Waals surface area (Å²) in [5.74, 6) is 0.566. The van der Waals surface area contributed by atoms with Gasteiger partial charge >= 0.3 is 0 Å². The van der Waals surface area contributed by atoms with Gasteiger partial charge in [0.2, 0.25) is 0 Å². The molecule has 0 aliphatic rings. The largest absolute Gasteiger partial charge is 0.0837 e. The highest BCUT2D eigenvalue weighted by atomic mass is 35.5. The molecule has 0 aliphatic heterocycles. The van der Waals surface area contributed by atoms with Crippen LogP contribution in [0.5, 0.6) is 0 Å². The van der Waals surface area contributed by atoms with Crippen LogP contribution in [-0.4, -0.2) is 0 Å². The van der Waals surface area contributed by atoms with Crippen molar-refractivity contribution in [3.05, 3.63) is 58.6 Å². The highest BCUT2D eigenvalue weighted by Crippen LogP contribution is 2.31. The van der Waals surface area contributed by atoms with Crippen LogP contribution in [0, 0.1) is 6.92 Å². The van der Waals surface area contributed by atoms with Crippen LogP contribution in [0.25, 0.3) is 11.1 Å². The summed E-state index contributed by atoms with van der Waals surface area (Å²) in [6.07, 6.45) is 0. The second kappa shape index (κ2) is 4.93. The number of hydrogen-bond donors (Lipinski definition) is 0. The van der Waals surface area contributed by atoms with E-state index in [1.807, 2.05) is 12.1 Å². The van der Waals surface area contributed by atoms with E-state index < -0.39 is 0 Å². The van der Waals surface area contributed by atoms with Crippen molar-refractivity contribution in [3.63, 3.8) is 0 Å². The molecule has 0 nitrogen and oxygen atoms in total. The number of rotatable bonds is 2. The molecule has 0 atom stereocenters. The molecule has 0 amide bonds. The third-order valence-electron chi connectivity index (χ3n) is 3.09. The Kier molecular flexibility index (Phi) is 3.54. The maximum atomic E-state index is 6.27. The van der Waals surface area contributed by atoms with Gasteiger partial charge in [0.25, 0.3) is 0 Å². The van der Waals surface area contributed by atoms with E-state index >= 15 is 0 Å². The van der Waals surface area contributed by atoms with Crippen molar-refractivity contribution in [1.29, 1.82) is 0 Å². The van der Waals surface area contributed by atoms with Gasteiger partial charge in [0.1, 0.15) is 0 Å². The molecule has 2 rings (SSSR count). The van der Waals surface area contributed by atoms with Crippen molar-refractivity contribution in [2.75, 3.05) is 0 Å². The number of aryl methyl sites for hydroxylation is 1. The highest BCUT2D eigenvalue weighted by molar-refractivity contribution is 6.33. The molecule has 0 N–H and O–H groups in total. The van der Waals surface area contributed by atoms with E-state index in [1.54, 1.807) is 0 Å². The van der Waals surface area contributed by atoms with Crippen molar-refractivity contribution in [3.8, 4) is 11.1 Å². The average Bonchev–Trinajstić information content (AvgIpc) is 2.29. The standard InChI is InChI=1S/C16H17Cl/c1-11(2)13-7-9-14(10-8-13)16-12(3)5-4-6-15(16)17/h4-11H,1-3H3. The van der Waals surface area contributed by atoms with Crippen LogP contribution >= 0.6 is 11.6 Å². The molecule has 17 heavy (non-hydrogen) atoms. The van der Waals surface area contributed by atoms with Gasteiger partial charge in [-0.15, -0.1) is 0 Å². The van der Waals surface area contributed by atoms with Crippen LogP contribution in [0.2, 0.25) is 5.02 Å². The van der Waals surface area contributed by atoms with Gasteiger partial charge in [-0.05, 0) is 35.6 Å². The molecule has 0 saturated heterocycles. The van der Waals surface area contributed by atoms with Crippen LogP contribution in [0.4, 0.5) is 0 Å². The Morgan fingerprint density at radius 3 is 2.12 bits per heavy atom. The molecule has 0 spiro atoms. The van der Waals surface area contributed by atoms with Crippen molar-refractivity contribution in [1.82, 2.24) is 0 Å². The third-order valence-corrected chi connectivity index (χ3v) is 3.40. The predicted molar refractivity (Wildman–Crippen MR) is 75.7 cm³/mol. The molecule has 0 fully saturated rings. The summed E-state index contributed by atoms with van der Waals surface area (Å²) in [5, 5.41) is 0.822. The molecule has 0 saturated carbocycles. The van der Waals surface area contributed by atoms with Gasteiger partial charge in [-0.2, -0.15) is 0 Å². The lowest BCUT2D eigenvalue weighted by atomic mass is 9.96. The maximum Gasteiger partial charge on any atom is 0.0487 e. The van der Waals surface area contributed by atoms with E-state index in [0.717, 1.165) is 10.6 Å². The topological polar surface area (TPSA) is 0 Å². The Bertz CT molecular complexity index is 489. The SMILES string of the molecule is Cc1cccc(Cl)c1-c1ccc(C(C)C)cc1. The van der Waals surface area contributed by atoms with Gasteiger partial charge in [0.05, 0.1) is 0 Å². The summed E-state index contributed by atoms with van der Waals surface area (Å²) in [4.78, 5) is 0. The molecular weight excluding hydrogens is 228 g/mol. The van der Waals surface area contributed by atoms with E-state index in [-0.39, 0.29) is 0 Å². The maximum absolute atomic E-state index is 6.27. The van der Waals surface area contributed by atoms with Crippen LogP contribution in [0.3, 0.4) is 0 Å². The first-order valence-electron chi connectivity index (χ1n) is 5.95. The average molecular weight is 245 g/mol. The molecule has 2 aromatic carbocycles. The molecular formula is C16H17Cl. The molecule has 2 aromatic rings. The van der Waals surface area contributed by atoms with Gasteiger partial charge in [-0.1, -0.05) is 61.8 Å². The fraction of sp³-hybridized carbons (Fsp3) is 0.250. The Morgan fingerprint density at radius 1 is 0.941 bits per heavy atom. The van der Waals surface area contributed by atoms with Gasteiger partial charge in [0.15, 0.2) is 0 Å². The van der Waals surface area contributed by atoms with Crippen LogP contribution in [0.15, 0.2) is 42.5 Å². The molecule has 0 bridgehead atoms. The van der Waals surface area contributed by atoms with Gasteiger partial charge in [-0.3, -0.25) is 0 Å². The van der Waals surface area contributed by atoms with Gasteiger partial charge < -0.3 is 0 Å². The Balaban J connectivity index is 2.47. The monoisotopic (exact) mass is 244 g/mol.